The molecule has 1 aromatic carbocycles. The average molecular weight is 250 g/mol. The van der Waals surface area contributed by atoms with Gasteiger partial charge >= 0.3 is 0 Å². The highest BCUT2D eigenvalue weighted by Gasteiger charge is 2.50. The van der Waals surface area contributed by atoms with Gasteiger partial charge in [-0.15, -0.1) is 0 Å². The van der Waals surface area contributed by atoms with Crippen molar-refractivity contribution in [3.05, 3.63) is 35.6 Å². The Bertz CT molecular complexity index is 457. The fourth-order valence-electron chi connectivity index (χ4n) is 2.23. The zero-order valence-electron chi connectivity index (χ0n) is 10.8. The Morgan fingerprint density at radius 1 is 1.50 bits per heavy atom. The number of carbonyl (C=O) groups excluding carboxylic acids is 1. The maximum Gasteiger partial charge on any atom is 0.230 e. The van der Waals surface area contributed by atoms with Gasteiger partial charge in [-0.25, -0.2) is 4.39 Å². The molecule has 0 aliphatic heterocycles. The molecule has 0 spiro atoms. The molecule has 4 heteroatoms. The van der Waals surface area contributed by atoms with E-state index >= 15 is 0 Å². The fourth-order valence-corrected chi connectivity index (χ4v) is 2.23. The van der Waals surface area contributed by atoms with Crippen LogP contribution in [0.25, 0.3) is 0 Å². The lowest BCUT2D eigenvalue weighted by Crippen LogP contribution is -2.39. The third kappa shape index (κ3) is 2.12. The molecule has 1 amide bonds. The van der Waals surface area contributed by atoms with E-state index in [2.05, 4.69) is 0 Å². The summed E-state index contributed by atoms with van der Waals surface area (Å²) >= 11 is 0. The summed E-state index contributed by atoms with van der Waals surface area (Å²) in [5.74, 6) is -0.247. The fraction of sp³-hybridized carbons (Fsp3) is 0.500. The van der Waals surface area contributed by atoms with Gasteiger partial charge < -0.3 is 10.6 Å². The lowest BCUT2D eigenvalue weighted by molar-refractivity contribution is -0.137. The van der Waals surface area contributed by atoms with Crippen molar-refractivity contribution >= 4 is 5.91 Å². The Labute approximate surface area is 107 Å². The van der Waals surface area contributed by atoms with E-state index < -0.39 is 0 Å². The maximum absolute atomic E-state index is 13.7. The Hall–Kier alpha value is -1.42. The van der Waals surface area contributed by atoms with Gasteiger partial charge in [0.2, 0.25) is 5.91 Å². The number of benzene rings is 1. The Balaban J connectivity index is 2.17. The van der Waals surface area contributed by atoms with E-state index in [1.807, 2.05) is 6.92 Å². The molecule has 1 aliphatic carbocycles. The van der Waals surface area contributed by atoms with Gasteiger partial charge in [-0.1, -0.05) is 18.2 Å². The van der Waals surface area contributed by atoms with Gasteiger partial charge in [-0.2, -0.15) is 0 Å². The zero-order valence-corrected chi connectivity index (χ0v) is 10.8. The van der Waals surface area contributed by atoms with E-state index in [0.717, 1.165) is 12.8 Å². The van der Waals surface area contributed by atoms with Crippen LogP contribution in [0.1, 0.15) is 31.4 Å². The van der Waals surface area contributed by atoms with Gasteiger partial charge in [0.25, 0.3) is 0 Å². The topological polar surface area (TPSA) is 46.3 Å². The molecule has 1 aromatic rings. The lowest BCUT2D eigenvalue weighted by Gasteiger charge is -2.29. The quantitative estimate of drug-likeness (QED) is 0.889. The van der Waals surface area contributed by atoms with Crippen LogP contribution in [0.2, 0.25) is 0 Å². The van der Waals surface area contributed by atoms with Gasteiger partial charge in [0, 0.05) is 19.2 Å². The predicted octanol–water partition coefficient (Wildman–Crippen LogP) is 2.08. The van der Waals surface area contributed by atoms with Crippen LogP contribution in [0, 0.1) is 11.2 Å². The second-order valence-corrected chi connectivity index (χ2v) is 5.10. The van der Waals surface area contributed by atoms with Crippen molar-refractivity contribution < 1.29 is 9.18 Å². The summed E-state index contributed by atoms with van der Waals surface area (Å²) in [6, 6.07) is 6.28. The summed E-state index contributed by atoms with van der Waals surface area (Å²) in [6.45, 7) is 2.21. The first-order chi connectivity index (χ1) is 8.52. The van der Waals surface area contributed by atoms with Crippen LogP contribution in [0.3, 0.4) is 0 Å². The molecule has 3 nitrogen and oxygen atoms in total. The standard InChI is InChI=1S/C14H19FN2O/c1-10(11-5-3-4-6-12(11)15)17(2)13(18)14(9-16)7-8-14/h3-6,10H,7-9,16H2,1-2H3. The highest BCUT2D eigenvalue weighted by molar-refractivity contribution is 5.85. The molecule has 0 radical (unpaired) electrons. The van der Waals surface area contributed by atoms with Crippen LogP contribution in [0.15, 0.2) is 24.3 Å². The van der Waals surface area contributed by atoms with Crippen LogP contribution in [-0.2, 0) is 4.79 Å². The molecule has 1 saturated carbocycles. The van der Waals surface area contributed by atoms with Crippen LogP contribution < -0.4 is 5.73 Å². The van der Waals surface area contributed by atoms with Crippen molar-refractivity contribution in [1.82, 2.24) is 4.90 Å². The summed E-state index contributed by atoms with van der Waals surface area (Å²) in [5, 5.41) is 0. The van der Waals surface area contributed by atoms with E-state index in [1.54, 1.807) is 30.1 Å². The molecule has 0 aromatic heterocycles. The minimum Gasteiger partial charge on any atom is -0.338 e. The van der Waals surface area contributed by atoms with Crippen molar-refractivity contribution in [3.63, 3.8) is 0 Å². The first-order valence-electron chi connectivity index (χ1n) is 6.23. The molecule has 2 rings (SSSR count). The molecule has 18 heavy (non-hydrogen) atoms. The second kappa shape index (κ2) is 4.69. The van der Waals surface area contributed by atoms with Crippen molar-refractivity contribution in [3.8, 4) is 0 Å². The van der Waals surface area contributed by atoms with Gasteiger partial charge in [-0.05, 0) is 25.8 Å². The smallest absolute Gasteiger partial charge is 0.230 e. The van der Waals surface area contributed by atoms with Crippen LogP contribution in [-0.4, -0.2) is 24.4 Å². The molecule has 2 N–H and O–H groups in total. The normalized spacial score (nSPS) is 18.2. The van der Waals surface area contributed by atoms with Crippen LogP contribution >= 0.6 is 0 Å². The SMILES string of the molecule is CC(c1ccccc1F)N(C)C(=O)C1(CN)CC1. The van der Waals surface area contributed by atoms with E-state index in [9.17, 15) is 9.18 Å². The second-order valence-electron chi connectivity index (χ2n) is 5.10. The third-order valence-electron chi connectivity index (χ3n) is 3.95. The number of halogens is 1. The number of rotatable bonds is 4. The molecule has 1 unspecified atom stereocenters. The molecular formula is C14H19FN2O. The van der Waals surface area contributed by atoms with Gasteiger partial charge in [0.05, 0.1) is 11.5 Å². The number of hydrogen-bond acceptors (Lipinski definition) is 2. The average Bonchev–Trinajstić information content (AvgIpc) is 3.18. The van der Waals surface area contributed by atoms with Crippen molar-refractivity contribution in [2.75, 3.05) is 13.6 Å². The summed E-state index contributed by atoms with van der Waals surface area (Å²) in [5.41, 5.74) is 5.82. The van der Waals surface area contributed by atoms with Gasteiger partial charge in [0.15, 0.2) is 0 Å². The van der Waals surface area contributed by atoms with E-state index in [4.69, 9.17) is 5.73 Å². The minimum atomic E-state index is -0.381. The third-order valence-corrected chi connectivity index (χ3v) is 3.95. The molecule has 98 valence electrons. The Morgan fingerprint density at radius 2 is 2.11 bits per heavy atom. The van der Waals surface area contributed by atoms with Gasteiger partial charge in [-0.3, -0.25) is 4.79 Å². The summed E-state index contributed by atoms with van der Waals surface area (Å²) in [4.78, 5) is 13.9. The van der Waals surface area contributed by atoms with Crippen molar-refractivity contribution in [2.45, 2.75) is 25.8 Å². The minimum absolute atomic E-state index is 0.0285. The van der Waals surface area contributed by atoms with E-state index in [1.165, 1.54) is 6.07 Å². The first kappa shape index (κ1) is 13.0. The highest BCUT2D eigenvalue weighted by atomic mass is 19.1. The largest absolute Gasteiger partial charge is 0.338 e. The number of nitrogens with zero attached hydrogens (tertiary/aromatic N) is 1. The Morgan fingerprint density at radius 3 is 2.61 bits per heavy atom. The van der Waals surface area contributed by atoms with Crippen molar-refractivity contribution in [1.29, 1.82) is 0 Å². The summed E-state index contributed by atoms with van der Waals surface area (Å²) in [7, 11) is 1.72. The predicted molar refractivity (Wildman–Crippen MR) is 68.3 cm³/mol. The summed E-state index contributed by atoms with van der Waals surface area (Å²) < 4.78 is 13.7. The lowest BCUT2D eigenvalue weighted by atomic mass is 10.0. The van der Waals surface area contributed by atoms with Gasteiger partial charge in [0.1, 0.15) is 5.82 Å². The number of hydrogen-bond donors (Lipinski definition) is 1. The monoisotopic (exact) mass is 250 g/mol. The molecule has 1 aliphatic rings. The Kier molecular flexibility index (Phi) is 3.39. The van der Waals surface area contributed by atoms with Crippen LogP contribution in [0.5, 0.6) is 0 Å². The molecule has 1 fully saturated rings. The molecule has 0 saturated heterocycles. The van der Waals surface area contributed by atoms with Crippen LogP contribution in [0.4, 0.5) is 4.39 Å². The first-order valence-corrected chi connectivity index (χ1v) is 6.23. The molecule has 0 heterocycles. The summed E-state index contributed by atoms with van der Waals surface area (Å²) in [6.07, 6.45) is 1.69. The van der Waals surface area contributed by atoms with Crippen molar-refractivity contribution in [2.24, 2.45) is 11.1 Å². The highest BCUT2D eigenvalue weighted by Crippen LogP contribution is 2.47. The maximum atomic E-state index is 13.7. The van der Waals surface area contributed by atoms with E-state index in [-0.39, 0.29) is 23.2 Å². The molecule has 0 bridgehead atoms. The number of amides is 1. The van der Waals surface area contributed by atoms with E-state index in [0.29, 0.717) is 12.1 Å². The zero-order chi connectivity index (χ0) is 13.3. The number of carbonyl (C=O) groups is 1. The number of nitrogens with two attached hydrogens (primary N) is 1. The molecule has 1 atom stereocenters. The molecular weight excluding hydrogens is 231 g/mol.